The summed E-state index contributed by atoms with van der Waals surface area (Å²) in [5.41, 5.74) is 0.112. The van der Waals surface area contributed by atoms with E-state index in [-0.39, 0.29) is 15.4 Å². The Bertz CT molecular complexity index is 46.5. The van der Waals surface area contributed by atoms with Crippen LogP contribution in [-0.2, 0) is 4.43 Å². The molecule has 0 saturated heterocycles. The lowest BCUT2D eigenvalue weighted by Crippen LogP contribution is -2.19. The molecular weight excluding hydrogens is 104 g/mol. The topological polar surface area (TPSA) is 9.23 Å². The molecule has 0 spiro atoms. The molecular formula is C5H14OSi. The predicted molar refractivity (Wildman–Crippen MR) is 35.2 cm³/mol. The quantitative estimate of drug-likeness (QED) is 0.465. The number of hydrogen-bond acceptors (Lipinski definition) is 1. The Labute approximate surface area is 48.0 Å². The third-order valence-electron chi connectivity index (χ3n) is 0.577. The molecule has 0 aliphatic carbocycles. The van der Waals surface area contributed by atoms with E-state index < -0.39 is 0 Å². The Balaban J connectivity index is 3.15. The minimum Gasteiger partial charge on any atom is -0.420 e. The zero-order valence-corrected chi connectivity index (χ0v) is 7.03. The molecule has 0 amide bonds. The molecule has 2 heteroatoms. The van der Waals surface area contributed by atoms with Gasteiger partial charge in [-0.05, 0) is 20.8 Å². The molecule has 0 heterocycles. The minimum absolute atomic E-state index is 0.112. The van der Waals surface area contributed by atoms with Crippen LogP contribution in [0.25, 0.3) is 0 Å². The summed E-state index contributed by atoms with van der Waals surface area (Å²) in [5, 5.41) is 0. The number of rotatable bonds is 1. The summed E-state index contributed by atoms with van der Waals surface area (Å²) in [5.74, 6) is 0. The molecule has 0 aromatic rings. The summed E-state index contributed by atoms with van der Waals surface area (Å²) < 4.78 is 5.37. The summed E-state index contributed by atoms with van der Waals surface area (Å²) >= 11 is 0. The van der Waals surface area contributed by atoms with E-state index >= 15 is 0 Å². The highest BCUT2D eigenvalue weighted by atomic mass is 28.2. The van der Waals surface area contributed by atoms with Crippen molar-refractivity contribution in [2.75, 3.05) is 0 Å². The summed E-state index contributed by atoms with van der Waals surface area (Å²) in [6.45, 7) is 8.40. The molecule has 0 saturated carbocycles. The van der Waals surface area contributed by atoms with Gasteiger partial charge in [-0.25, -0.2) is 0 Å². The molecule has 0 rings (SSSR count). The van der Waals surface area contributed by atoms with Crippen molar-refractivity contribution in [3.8, 4) is 0 Å². The van der Waals surface area contributed by atoms with Gasteiger partial charge in [-0.2, -0.15) is 0 Å². The SMILES string of the molecule is C[SiH2]OC(C)(C)C. The summed E-state index contributed by atoms with van der Waals surface area (Å²) in [4.78, 5) is 0. The van der Waals surface area contributed by atoms with Crippen LogP contribution < -0.4 is 0 Å². The van der Waals surface area contributed by atoms with E-state index in [1.165, 1.54) is 0 Å². The van der Waals surface area contributed by atoms with Gasteiger partial charge in [-0.1, -0.05) is 6.55 Å². The first-order valence-corrected chi connectivity index (χ1v) is 4.69. The van der Waals surface area contributed by atoms with Gasteiger partial charge in [0.1, 0.15) is 0 Å². The van der Waals surface area contributed by atoms with E-state index in [1.807, 2.05) is 0 Å². The van der Waals surface area contributed by atoms with E-state index in [9.17, 15) is 0 Å². The van der Waals surface area contributed by atoms with Gasteiger partial charge in [0.25, 0.3) is 0 Å². The molecule has 0 radical (unpaired) electrons. The average Bonchev–Trinajstić information content (AvgIpc) is 1.30. The lowest BCUT2D eigenvalue weighted by molar-refractivity contribution is 0.140. The van der Waals surface area contributed by atoms with Gasteiger partial charge in [0.2, 0.25) is 0 Å². The fourth-order valence-electron chi connectivity index (χ4n) is 0.433. The van der Waals surface area contributed by atoms with Crippen LogP contribution in [0.3, 0.4) is 0 Å². The normalized spacial score (nSPS) is 13.7. The predicted octanol–water partition coefficient (Wildman–Crippen LogP) is 0.933. The maximum Gasteiger partial charge on any atom is 0.159 e. The maximum atomic E-state index is 5.37. The molecule has 0 aromatic carbocycles. The molecule has 0 bridgehead atoms. The molecule has 0 N–H and O–H groups in total. The van der Waals surface area contributed by atoms with Crippen molar-refractivity contribution in [2.24, 2.45) is 0 Å². The van der Waals surface area contributed by atoms with Gasteiger partial charge < -0.3 is 4.43 Å². The largest absolute Gasteiger partial charge is 0.420 e. The van der Waals surface area contributed by atoms with Crippen molar-refractivity contribution in [3.63, 3.8) is 0 Å². The summed E-state index contributed by atoms with van der Waals surface area (Å²) in [6, 6.07) is 0. The van der Waals surface area contributed by atoms with Crippen LogP contribution in [0.2, 0.25) is 6.55 Å². The van der Waals surface area contributed by atoms with E-state index in [2.05, 4.69) is 27.3 Å². The van der Waals surface area contributed by atoms with Crippen molar-refractivity contribution in [2.45, 2.75) is 32.9 Å². The Morgan fingerprint density at radius 1 is 1.29 bits per heavy atom. The van der Waals surface area contributed by atoms with Crippen molar-refractivity contribution in [1.29, 1.82) is 0 Å². The molecule has 0 aliphatic rings. The zero-order chi connectivity index (χ0) is 5.91. The Morgan fingerprint density at radius 3 is 1.71 bits per heavy atom. The second kappa shape index (κ2) is 2.48. The molecule has 0 fully saturated rings. The van der Waals surface area contributed by atoms with Crippen molar-refractivity contribution < 1.29 is 4.43 Å². The third-order valence-corrected chi connectivity index (χ3v) is 1.73. The molecule has 0 unspecified atom stereocenters. The lowest BCUT2D eigenvalue weighted by Gasteiger charge is -2.17. The van der Waals surface area contributed by atoms with E-state index in [4.69, 9.17) is 4.43 Å². The maximum absolute atomic E-state index is 5.37. The van der Waals surface area contributed by atoms with Crippen molar-refractivity contribution in [3.05, 3.63) is 0 Å². The third kappa shape index (κ3) is 6.18. The first-order valence-electron chi connectivity index (χ1n) is 2.70. The van der Waals surface area contributed by atoms with E-state index in [0.717, 1.165) is 0 Å². The Hall–Kier alpha value is 0.177. The van der Waals surface area contributed by atoms with Gasteiger partial charge in [0.05, 0.1) is 0 Å². The molecule has 0 atom stereocenters. The monoisotopic (exact) mass is 118 g/mol. The van der Waals surface area contributed by atoms with Gasteiger partial charge in [-0.3, -0.25) is 0 Å². The summed E-state index contributed by atoms with van der Waals surface area (Å²) in [6.07, 6.45) is 0. The molecule has 1 nitrogen and oxygen atoms in total. The Morgan fingerprint density at radius 2 is 1.71 bits per heavy atom. The molecule has 44 valence electrons. The lowest BCUT2D eigenvalue weighted by atomic mass is 10.2. The van der Waals surface area contributed by atoms with E-state index in [0.29, 0.717) is 0 Å². The highest BCUT2D eigenvalue weighted by Crippen LogP contribution is 2.03. The number of hydrogen-bond donors (Lipinski definition) is 0. The van der Waals surface area contributed by atoms with Crippen LogP contribution in [0, 0.1) is 0 Å². The van der Waals surface area contributed by atoms with Gasteiger partial charge in [0.15, 0.2) is 9.76 Å². The fourth-order valence-corrected chi connectivity index (χ4v) is 1.30. The van der Waals surface area contributed by atoms with Crippen LogP contribution in [0.4, 0.5) is 0 Å². The molecule has 0 aromatic heterocycles. The van der Waals surface area contributed by atoms with Crippen LogP contribution in [0.1, 0.15) is 20.8 Å². The van der Waals surface area contributed by atoms with Crippen LogP contribution >= 0.6 is 0 Å². The Kier molecular flexibility index (Phi) is 2.54. The standard InChI is InChI=1S/C5H14OSi/c1-5(2,3)6-7-4/h7H2,1-4H3. The second-order valence-corrected chi connectivity index (χ2v) is 3.41. The van der Waals surface area contributed by atoms with E-state index in [1.54, 1.807) is 0 Å². The van der Waals surface area contributed by atoms with Gasteiger partial charge in [0, 0.05) is 5.60 Å². The fraction of sp³-hybridized carbons (Fsp3) is 1.00. The molecule has 7 heavy (non-hydrogen) atoms. The van der Waals surface area contributed by atoms with Crippen LogP contribution in [-0.4, -0.2) is 15.4 Å². The smallest absolute Gasteiger partial charge is 0.159 e. The summed E-state index contributed by atoms with van der Waals surface area (Å²) in [7, 11) is -0.190. The van der Waals surface area contributed by atoms with Crippen molar-refractivity contribution >= 4 is 9.76 Å². The van der Waals surface area contributed by atoms with Crippen LogP contribution in [0.5, 0.6) is 0 Å². The highest BCUT2D eigenvalue weighted by Gasteiger charge is 2.05. The second-order valence-electron chi connectivity index (χ2n) is 2.55. The van der Waals surface area contributed by atoms with Gasteiger partial charge in [-0.15, -0.1) is 0 Å². The highest BCUT2D eigenvalue weighted by molar-refractivity contribution is 6.24. The van der Waals surface area contributed by atoms with Crippen LogP contribution in [0.15, 0.2) is 0 Å². The molecule has 0 aliphatic heterocycles. The first kappa shape index (κ1) is 7.18. The minimum atomic E-state index is -0.190. The first-order chi connectivity index (χ1) is 3.06. The van der Waals surface area contributed by atoms with Gasteiger partial charge >= 0.3 is 0 Å². The average molecular weight is 118 g/mol. The zero-order valence-electron chi connectivity index (χ0n) is 5.62. The van der Waals surface area contributed by atoms with Crippen molar-refractivity contribution in [1.82, 2.24) is 0 Å².